The Bertz CT molecular complexity index is 1240. The van der Waals surface area contributed by atoms with Crippen molar-refractivity contribution in [1.82, 2.24) is 15.3 Å². The van der Waals surface area contributed by atoms with Gasteiger partial charge in [-0.15, -0.1) is 0 Å². The highest BCUT2D eigenvalue weighted by Gasteiger charge is 2.24. The molecule has 0 bridgehead atoms. The summed E-state index contributed by atoms with van der Waals surface area (Å²) in [6.07, 6.45) is 2.01. The predicted octanol–water partition coefficient (Wildman–Crippen LogP) is 4.46. The van der Waals surface area contributed by atoms with Crippen LogP contribution in [0.2, 0.25) is 0 Å². The van der Waals surface area contributed by atoms with Crippen LogP contribution < -0.4 is 5.32 Å². The predicted molar refractivity (Wildman–Crippen MR) is 121 cm³/mol. The topological polar surface area (TPSA) is 87.0 Å². The summed E-state index contributed by atoms with van der Waals surface area (Å²) in [5, 5.41) is 4.18. The zero-order valence-electron chi connectivity index (χ0n) is 17.8. The minimum atomic E-state index is -0.453. The number of nitrogens with one attached hydrogen (secondary N) is 3. The number of para-hydroxylation sites is 1. The van der Waals surface area contributed by atoms with Gasteiger partial charge in [0.1, 0.15) is 5.69 Å². The van der Waals surface area contributed by atoms with E-state index in [9.17, 15) is 9.59 Å². The van der Waals surface area contributed by atoms with Crippen LogP contribution in [-0.4, -0.2) is 35.5 Å². The summed E-state index contributed by atoms with van der Waals surface area (Å²) in [7, 11) is 1.33. The van der Waals surface area contributed by atoms with Crippen molar-refractivity contribution in [2.24, 2.45) is 0 Å². The fourth-order valence-electron chi connectivity index (χ4n) is 4.14. The van der Waals surface area contributed by atoms with E-state index in [4.69, 9.17) is 4.74 Å². The van der Waals surface area contributed by atoms with Gasteiger partial charge in [0, 0.05) is 35.3 Å². The molecule has 6 nitrogen and oxygen atoms in total. The van der Waals surface area contributed by atoms with Gasteiger partial charge in [-0.1, -0.05) is 48.5 Å². The Labute approximate surface area is 180 Å². The molecule has 3 N–H and O–H groups in total. The molecule has 1 amide bonds. The van der Waals surface area contributed by atoms with Crippen LogP contribution in [-0.2, 0) is 4.74 Å². The molecule has 0 aliphatic rings. The first-order valence-electron chi connectivity index (χ1n) is 10.2. The van der Waals surface area contributed by atoms with Gasteiger partial charge in [-0.05, 0) is 36.6 Å². The molecule has 1 unspecified atom stereocenters. The third-order valence-electron chi connectivity index (χ3n) is 5.72. The minimum Gasteiger partial charge on any atom is -0.465 e. The molecule has 2 aromatic heterocycles. The number of esters is 1. The minimum absolute atomic E-state index is 0.0299. The zero-order chi connectivity index (χ0) is 22.0. The smallest absolute Gasteiger partial charge is 0.339 e. The maximum Gasteiger partial charge on any atom is 0.339 e. The van der Waals surface area contributed by atoms with Crippen molar-refractivity contribution < 1.29 is 14.3 Å². The Morgan fingerprint density at radius 2 is 1.74 bits per heavy atom. The molecular weight excluding hydrogens is 390 g/mol. The molecule has 0 saturated carbocycles. The maximum absolute atomic E-state index is 13.0. The zero-order valence-corrected chi connectivity index (χ0v) is 17.8. The quantitative estimate of drug-likeness (QED) is 0.406. The van der Waals surface area contributed by atoms with E-state index in [1.807, 2.05) is 42.6 Å². The molecular formula is C25H25N3O3. The van der Waals surface area contributed by atoms with Gasteiger partial charge in [0.05, 0.1) is 12.7 Å². The van der Waals surface area contributed by atoms with Crippen molar-refractivity contribution in [3.63, 3.8) is 0 Å². The summed E-state index contributed by atoms with van der Waals surface area (Å²) in [6.45, 7) is 3.92. The Hall–Kier alpha value is -3.80. The molecule has 0 fully saturated rings. The van der Waals surface area contributed by atoms with Crippen LogP contribution in [0.15, 0.2) is 60.8 Å². The molecule has 0 spiro atoms. The summed E-state index contributed by atoms with van der Waals surface area (Å²) in [5.41, 5.74) is 5.28. The Morgan fingerprint density at radius 1 is 1.03 bits per heavy atom. The number of fused-ring (bicyclic) bond motifs is 1. The molecule has 0 saturated heterocycles. The van der Waals surface area contributed by atoms with Gasteiger partial charge >= 0.3 is 5.97 Å². The van der Waals surface area contributed by atoms with E-state index in [1.165, 1.54) is 7.11 Å². The number of amides is 1. The first-order valence-corrected chi connectivity index (χ1v) is 10.2. The molecule has 2 aromatic carbocycles. The van der Waals surface area contributed by atoms with Gasteiger partial charge in [-0.2, -0.15) is 0 Å². The Morgan fingerprint density at radius 3 is 2.48 bits per heavy atom. The highest BCUT2D eigenvalue weighted by atomic mass is 16.5. The van der Waals surface area contributed by atoms with Crippen molar-refractivity contribution in [2.75, 3.05) is 13.7 Å². The van der Waals surface area contributed by atoms with Crippen molar-refractivity contribution in [3.8, 4) is 0 Å². The number of carbonyl (C=O) groups is 2. The van der Waals surface area contributed by atoms with Crippen LogP contribution in [0.4, 0.5) is 0 Å². The largest absolute Gasteiger partial charge is 0.465 e. The van der Waals surface area contributed by atoms with Crippen LogP contribution in [0, 0.1) is 13.8 Å². The number of aromatic nitrogens is 2. The van der Waals surface area contributed by atoms with E-state index in [1.54, 1.807) is 13.8 Å². The molecule has 158 valence electrons. The van der Waals surface area contributed by atoms with Crippen LogP contribution in [0.1, 0.15) is 49.1 Å². The lowest BCUT2D eigenvalue weighted by Crippen LogP contribution is -2.29. The highest BCUT2D eigenvalue weighted by molar-refractivity contribution is 6.00. The average Bonchev–Trinajstić information content (AvgIpc) is 3.35. The Kier molecular flexibility index (Phi) is 5.62. The van der Waals surface area contributed by atoms with E-state index in [0.717, 1.165) is 22.0 Å². The first kappa shape index (κ1) is 20.5. The number of aromatic amines is 2. The van der Waals surface area contributed by atoms with E-state index in [0.29, 0.717) is 29.1 Å². The summed E-state index contributed by atoms with van der Waals surface area (Å²) < 4.78 is 4.84. The van der Waals surface area contributed by atoms with Gasteiger partial charge in [0.25, 0.3) is 5.91 Å². The number of methoxy groups -OCH3 is 1. The van der Waals surface area contributed by atoms with Crippen molar-refractivity contribution in [2.45, 2.75) is 19.8 Å². The second-order valence-corrected chi connectivity index (χ2v) is 7.58. The average molecular weight is 415 g/mol. The number of H-pyrrole nitrogens is 2. The number of aryl methyl sites for hydroxylation is 1. The third kappa shape index (κ3) is 3.84. The van der Waals surface area contributed by atoms with E-state index in [2.05, 4.69) is 33.5 Å². The summed E-state index contributed by atoms with van der Waals surface area (Å²) in [4.78, 5) is 31.4. The molecule has 2 heterocycles. The lowest BCUT2D eigenvalue weighted by atomic mass is 9.91. The lowest BCUT2D eigenvalue weighted by molar-refractivity contribution is 0.0599. The Balaban J connectivity index is 1.64. The monoisotopic (exact) mass is 415 g/mol. The van der Waals surface area contributed by atoms with Crippen LogP contribution in [0.5, 0.6) is 0 Å². The van der Waals surface area contributed by atoms with Crippen molar-refractivity contribution in [3.05, 3.63) is 94.4 Å². The summed E-state index contributed by atoms with van der Waals surface area (Å²) in [5.74, 6) is -0.736. The number of rotatable bonds is 6. The maximum atomic E-state index is 13.0. The summed E-state index contributed by atoms with van der Waals surface area (Å²) >= 11 is 0. The van der Waals surface area contributed by atoms with E-state index >= 15 is 0 Å². The van der Waals surface area contributed by atoms with Gasteiger partial charge in [-0.3, -0.25) is 4.79 Å². The van der Waals surface area contributed by atoms with Gasteiger partial charge in [-0.25, -0.2) is 4.79 Å². The fourth-order valence-corrected chi connectivity index (χ4v) is 4.14. The summed E-state index contributed by atoms with van der Waals surface area (Å²) in [6, 6.07) is 18.2. The number of carbonyl (C=O) groups excluding carboxylic acids is 2. The first-order chi connectivity index (χ1) is 15.0. The molecule has 1 atom stereocenters. The third-order valence-corrected chi connectivity index (χ3v) is 5.72. The van der Waals surface area contributed by atoms with Gasteiger partial charge in [0.15, 0.2) is 0 Å². The lowest BCUT2D eigenvalue weighted by Gasteiger charge is -2.18. The molecule has 0 radical (unpaired) electrons. The molecule has 6 heteroatoms. The standard InChI is InChI=1S/C25H25N3O3/c1-15-22(25(30)31-3)16(2)28-23(15)24(29)27-13-19(17-9-5-4-6-10-17)20-14-26-21-12-8-7-11-18(20)21/h4-12,14,19,26,28H,13H2,1-3H3,(H,27,29). The van der Waals surface area contributed by atoms with Crippen molar-refractivity contribution >= 4 is 22.8 Å². The van der Waals surface area contributed by atoms with Crippen LogP contribution >= 0.6 is 0 Å². The van der Waals surface area contributed by atoms with Crippen LogP contribution in [0.3, 0.4) is 0 Å². The SMILES string of the molecule is COC(=O)c1c(C)[nH]c(C(=O)NCC(c2ccccc2)c2c[nH]c3ccccc23)c1C. The fraction of sp³-hybridized carbons (Fsp3) is 0.200. The van der Waals surface area contributed by atoms with Gasteiger partial charge in [0.2, 0.25) is 0 Å². The number of hydrogen-bond acceptors (Lipinski definition) is 3. The number of benzene rings is 2. The number of hydrogen-bond donors (Lipinski definition) is 3. The van der Waals surface area contributed by atoms with E-state index < -0.39 is 5.97 Å². The normalized spacial score (nSPS) is 12.0. The van der Waals surface area contributed by atoms with Gasteiger partial charge < -0.3 is 20.0 Å². The molecule has 4 rings (SSSR count). The number of ether oxygens (including phenoxy) is 1. The molecule has 31 heavy (non-hydrogen) atoms. The second-order valence-electron chi connectivity index (χ2n) is 7.58. The molecule has 0 aliphatic heterocycles. The molecule has 0 aliphatic carbocycles. The van der Waals surface area contributed by atoms with Crippen LogP contribution in [0.25, 0.3) is 10.9 Å². The molecule has 4 aromatic rings. The van der Waals surface area contributed by atoms with Crippen molar-refractivity contribution in [1.29, 1.82) is 0 Å². The second kappa shape index (κ2) is 8.52. The van der Waals surface area contributed by atoms with E-state index in [-0.39, 0.29) is 11.8 Å². The highest BCUT2D eigenvalue weighted by Crippen LogP contribution is 2.30.